The molecular formula is C14H23ClN2O. The van der Waals surface area contributed by atoms with Crippen LogP contribution in [-0.2, 0) is 4.79 Å². The Kier molecular flexibility index (Phi) is 8.42. The molecule has 0 saturated carbocycles. The molecule has 102 valence electrons. The number of carbonyl (C=O) groups is 1. The van der Waals surface area contributed by atoms with Crippen molar-refractivity contribution in [1.82, 2.24) is 5.32 Å². The Labute approximate surface area is 116 Å². The highest BCUT2D eigenvalue weighted by Gasteiger charge is 2.08. The number of hydrogen-bond donors (Lipinski definition) is 2. The molecule has 4 heteroatoms. The summed E-state index contributed by atoms with van der Waals surface area (Å²) in [6, 6.07) is 9.69. The molecule has 0 aliphatic carbocycles. The van der Waals surface area contributed by atoms with Gasteiger partial charge in [-0.1, -0.05) is 44.2 Å². The van der Waals surface area contributed by atoms with Crippen molar-refractivity contribution in [2.45, 2.75) is 32.7 Å². The lowest BCUT2D eigenvalue weighted by Crippen LogP contribution is -2.31. The Morgan fingerprint density at radius 2 is 1.89 bits per heavy atom. The average molecular weight is 271 g/mol. The molecule has 1 atom stereocenters. The van der Waals surface area contributed by atoms with Crippen LogP contribution in [0.3, 0.4) is 0 Å². The fourth-order valence-electron chi connectivity index (χ4n) is 1.55. The summed E-state index contributed by atoms with van der Waals surface area (Å²) in [6.07, 6.45) is 1.51. The Bertz CT molecular complexity index is 341. The molecule has 18 heavy (non-hydrogen) atoms. The smallest absolute Gasteiger partial charge is 0.220 e. The molecule has 0 saturated heterocycles. The van der Waals surface area contributed by atoms with Gasteiger partial charge in [0.05, 0.1) is 0 Å². The third kappa shape index (κ3) is 6.62. The highest BCUT2D eigenvalue weighted by atomic mass is 35.5. The Balaban J connectivity index is 0.00000289. The highest BCUT2D eigenvalue weighted by molar-refractivity contribution is 5.85. The number of carbonyl (C=O) groups excluding carboxylic acids is 1. The second-order valence-corrected chi connectivity index (χ2v) is 4.75. The molecule has 3 N–H and O–H groups in total. The van der Waals surface area contributed by atoms with Gasteiger partial charge in [0.1, 0.15) is 0 Å². The fraction of sp³-hybridized carbons (Fsp3) is 0.500. The summed E-state index contributed by atoms with van der Waals surface area (Å²) in [6.45, 7) is 4.73. The predicted molar refractivity (Wildman–Crippen MR) is 77.7 cm³/mol. The number of amides is 1. The van der Waals surface area contributed by atoms with Gasteiger partial charge in [-0.25, -0.2) is 0 Å². The topological polar surface area (TPSA) is 55.1 Å². The van der Waals surface area contributed by atoms with Gasteiger partial charge in [-0.05, 0) is 17.9 Å². The van der Waals surface area contributed by atoms with Crippen molar-refractivity contribution in [1.29, 1.82) is 0 Å². The van der Waals surface area contributed by atoms with Crippen LogP contribution >= 0.6 is 12.4 Å². The summed E-state index contributed by atoms with van der Waals surface area (Å²) in [5.74, 6) is 0.647. The van der Waals surface area contributed by atoms with Crippen molar-refractivity contribution in [2.24, 2.45) is 11.7 Å². The van der Waals surface area contributed by atoms with Crippen LogP contribution in [0.4, 0.5) is 0 Å². The first-order valence-electron chi connectivity index (χ1n) is 6.17. The second kappa shape index (κ2) is 8.95. The van der Waals surface area contributed by atoms with Crippen LogP contribution in [0.5, 0.6) is 0 Å². The van der Waals surface area contributed by atoms with E-state index in [0.717, 1.165) is 12.0 Å². The van der Waals surface area contributed by atoms with Crippen LogP contribution in [0.1, 0.15) is 38.3 Å². The summed E-state index contributed by atoms with van der Waals surface area (Å²) >= 11 is 0. The lowest BCUT2D eigenvalue weighted by molar-refractivity contribution is -0.121. The molecule has 1 aromatic carbocycles. The third-order valence-corrected chi connectivity index (χ3v) is 2.70. The number of hydrogen-bond acceptors (Lipinski definition) is 2. The van der Waals surface area contributed by atoms with E-state index in [9.17, 15) is 4.79 Å². The normalized spacial score (nSPS) is 11.8. The van der Waals surface area contributed by atoms with E-state index in [0.29, 0.717) is 18.9 Å². The maximum absolute atomic E-state index is 11.5. The summed E-state index contributed by atoms with van der Waals surface area (Å²) < 4.78 is 0. The molecule has 0 heterocycles. The third-order valence-electron chi connectivity index (χ3n) is 2.70. The quantitative estimate of drug-likeness (QED) is 0.835. The first-order valence-corrected chi connectivity index (χ1v) is 6.17. The van der Waals surface area contributed by atoms with Gasteiger partial charge in [-0.2, -0.15) is 0 Å². The summed E-state index contributed by atoms with van der Waals surface area (Å²) in [4.78, 5) is 11.5. The van der Waals surface area contributed by atoms with Gasteiger partial charge in [-0.3, -0.25) is 4.79 Å². The van der Waals surface area contributed by atoms with Crippen molar-refractivity contribution >= 4 is 18.3 Å². The van der Waals surface area contributed by atoms with Gasteiger partial charge in [-0.15, -0.1) is 12.4 Å². The first-order chi connectivity index (χ1) is 8.09. The second-order valence-electron chi connectivity index (χ2n) is 4.75. The van der Waals surface area contributed by atoms with Gasteiger partial charge in [0.15, 0.2) is 0 Å². The zero-order chi connectivity index (χ0) is 12.7. The van der Waals surface area contributed by atoms with Gasteiger partial charge in [0, 0.05) is 19.0 Å². The molecule has 0 aromatic heterocycles. The van der Waals surface area contributed by atoms with Crippen LogP contribution in [0, 0.1) is 5.92 Å². The standard InChI is InChI=1S/C14H22N2O.ClH/c1-11(2)8-9-14(17)16-10-13(15)12-6-4-3-5-7-12;/h3-7,11,13H,8-10,15H2,1-2H3,(H,16,17);1H. The molecule has 1 aromatic rings. The summed E-state index contributed by atoms with van der Waals surface area (Å²) in [5.41, 5.74) is 7.04. The van der Waals surface area contributed by atoms with E-state index in [1.54, 1.807) is 0 Å². The minimum absolute atomic E-state index is 0. The summed E-state index contributed by atoms with van der Waals surface area (Å²) in [5, 5.41) is 2.87. The fourth-order valence-corrected chi connectivity index (χ4v) is 1.55. The molecule has 0 bridgehead atoms. The minimum Gasteiger partial charge on any atom is -0.354 e. The zero-order valence-corrected chi connectivity index (χ0v) is 11.9. The van der Waals surface area contributed by atoms with Gasteiger partial charge < -0.3 is 11.1 Å². The van der Waals surface area contributed by atoms with E-state index >= 15 is 0 Å². The van der Waals surface area contributed by atoms with Gasteiger partial charge >= 0.3 is 0 Å². The number of benzene rings is 1. The Morgan fingerprint density at radius 3 is 2.44 bits per heavy atom. The van der Waals surface area contributed by atoms with Crippen LogP contribution in [-0.4, -0.2) is 12.5 Å². The molecule has 0 aliphatic heterocycles. The molecule has 1 unspecified atom stereocenters. The van der Waals surface area contributed by atoms with E-state index in [1.807, 2.05) is 30.3 Å². The minimum atomic E-state index is -0.126. The predicted octanol–water partition coefficient (Wildman–Crippen LogP) is 2.66. The molecule has 0 radical (unpaired) electrons. The lowest BCUT2D eigenvalue weighted by atomic mass is 10.1. The van der Waals surface area contributed by atoms with Gasteiger partial charge in [0.2, 0.25) is 5.91 Å². The number of halogens is 1. The van der Waals surface area contributed by atoms with Gasteiger partial charge in [0.25, 0.3) is 0 Å². The molecule has 0 spiro atoms. The Morgan fingerprint density at radius 1 is 1.28 bits per heavy atom. The van der Waals surface area contributed by atoms with Crippen LogP contribution in [0.25, 0.3) is 0 Å². The number of rotatable bonds is 6. The van der Waals surface area contributed by atoms with Crippen molar-refractivity contribution in [3.8, 4) is 0 Å². The van der Waals surface area contributed by atoms with Crippen molar-refractivity contribution < 1.29 is 4.79 Å². The van der Waals surface area contributed by atoms with E-state index in [-0.39, 0.29) is 24.4 Å². The average Bonchev–Trinajstić information content (AvgIpc) is 2.34. The molecule has 3 nitrogen and oxygen atoms in total. The highest BCUT2D eigenvalue weighted by Crippen LogP contribution is 2.08. The first kappa shape index (κ1) is 16.9. The number of nitrogens with one attached hydrogen (secondary N) is 1. The van der Waals surface area contributed by atoms with Crippen LogP contribution < -0.4 is 11.1 Å². The maximum atomic E-state index is 11.5. The summed E-state index contributed by atoms with van der Waals surface area (Å²) in [7, 11) is 0. The Hall–Kier alpha value is -1.06. The lowest BCUT2D eigenvalue weighted by Gasteiger charge is -2.13. The molecule has 0 fully saturated rings. The van der Waals surface area contributed by atoms with Crippen LogP contribution in [0.2, 0.25) is 0 Å². The van der Waals surface area contributed by atoms with Crippen LogP contribution in [0.15, 0.2) is 30.3 Å². The molecule has 0 aliphatic rings. The monoisotopic (exact) mass is 270 g/mol. The molecule has 1 amide bonds. The molecule has 1 rings (SSSR count). The van der Waals surface area contributed by atoms with Crippen molar-refractivity contribution in [3.05, 3.63) is 35.9 Å². The van der Waals surface area contributed by atoms with Crippen molar-refractivity contribution in [3.63, 3.8) is 0 Å². The van der Waals surface area contributed by atoms with E-state index < -0.39 is 0 Å². The zero-order valence-electron chi connectivity index (χ0n) is 11.1. The maximum Gasteiger partial charge on any atom is 0.220 e. The SMILES string of the molecule is CC(C)CCC(=O)NCC(N)c1ccccc1.Cl. The van der Waals surface area contributed by atoms with Crippen molar-refractivity contribution in [2.75, 3.05) is 6.54 Å². The number of nitrogens with two attached hydrogens (primary N) is 1. The van der Waals surface area contributed by atoms with E-state index in [2.05, 4.69) is 19.2 Å². The van der Waals surface area contributed by atoms with E-state index in [1.165, 1.54) is 0 Å². The van der Waals surface area contributed by atoms with E-state index in [4.69, 9.17) is 5.73 Å². The largest absolute Gasteiger partial charge is 0.354 e. The molecular weight excluding hydrogens is 248 g/mol.